The third kappa shape index (κ3) is 3.72. The molecule has 1 heteroatoms. The second kappa shape index (κ2) is 8.43. The zero-order valence-electron chi connectivity index (χ0n) is 20.7. The molecule has 2 aliphatic rings. The van der Waals surface area contributed by atoms with Crippen molar-refractivity contribution in [3.8, 4) is 22.3 Å². The summed E-state index contributed by atoms with van der Waals surface area (Å²) in [7, 11) is 0. The number of hydrogen-bond acceptors (Lipinski definition) is 1. The second-order valence-electron chi connectivity index (χ2n) is 10.3. The molecule has 1 atom stereocenters. The summed E-state index contributed by atoms with van der Waals surface area (Å²) in [6.45, 7) is 6.89. The van der Waals surface area contributed by atoms with E-state index in [0.717, 1.165) is 6.42 Å². The molecule has 0 saturated carbocycles. The summed E-state index contributed by atoms with van der Waals surface area (Å²) in [5.41, 5.74) is 11.9. The van der Waals surface area contributed by atoms with Crippen LogP contribution in [0.1, 0.15) is 38.3 Å². The first-order valence-corrected chi connectivity index (χ1v) is 12.6. The van der Waals surface area contributed by atoms with Gasteiger partial charge in [0.25, 0.3) is 0 Å². The van der Waals surface area contributed by atoms with E-state index in [1.165, 1.54) is 50.3 Å². The van der Waals surface area contributed by atoms with Crippen LogP contribution in [0.4, 0.5) is 11.4 Å². The maximum Gasteiger partial charge on any atom is 0.0560 e. The molecule has 1 nitrogen and oxygen atoms in total. The lowest BCUT2D eigenvalue weighted by molar-refractivity contribution is 0.659. The van der Waals surface area contributed by atoms with E-state index in [9.17, 15) is 0 Å². The molecule has 4 aromatic rings. The van der Waals surface area contributed by atoms with Crippen molar-refractivity contribution in [2.75, 3.05) is 4.90 Å². The quantitative estimate of drug-likeness (QED) is 0.298. The Morgan fingerprint density at radius 2 is 1.34 bits per heavy atom. The molecule has 0 heterocycles. The zero-order valence-corrected chi connectivity index (χ0v) is 20.7. The Kier molecular flexibility index (Phi) is 5.22. The zero-order chi connectivity index (χ0) is 24.0. The van der Waals surface area contributed by atoms with Gasteiger partial charge in [-0.2, -0.15) is 0 Å². The van der Waals surface area contributed by atoms with Crippen LogP contribution < -0.4 is 4.90 Å². The van der Waals surface area contributed by atoms with Crippen LogP contribution in [-0.4, -0.2) is 6.04 Å². The first-order chi connectivity index (χ1) is 17.0. The van der Waals surface area contributed by atoms with Gasteiger partial charge in [-0.05, 0) is 71.0 Å². The molecular formula is C34H31N. The van der Waals surface area contributed by atoms with E-state index in [4.69, 9.17) is 0 Å². The minimum absolute atomic E-state index is 0.0102. The average molecular weight is 454 g/mol. The third-order valence-corrected chi connectivity index (χ3v) is 7.69. The lowest BCUT2D eigenvalue weighted by atomic mass is 9.82. The van der Waals surface area contributed by atoms with Crippen LogP contribution in [-0.2, 0) is 5.41 Å². The predicted octanol–water partition coefficient (Wildman–Crippen LogP) is 9.07. The summed E-state index contributed by atoms with van der Waals surface area (Å²) >= 11 is 0. The van der Waals surface area contributed by atoms with E-state index in [2.05, 4.69) is 141 Å². The maximum atomic E-state index is 2.51. The van der Waals surface area contributed by atoms with Crippen LogP contribution in [0, 0.1) is 0 Å². The molecule has 35 heavy (non-hydrogen) atoms. The summed E-state index contributed by atoms with van der Waals surface area (Å²) in [5, 5.41) is 0. The number of nitrogens with zero attached hydrogens (tertiary/aromatic N) is 1. The molecule has 0 N–H and O–H groups in total. The largest absolute Gasteiger partial charge is 0.334 e. The Morgan fingerprint density at radius 1 is 0.686 bits per heavy atom. The van der Waals surface area contributed by atoms with Crippen molar-refractivity contribution >= 4 is 11.4 Å². The summed E-state index contributed by atoms with van der Waals surface area (Å²) in [5.74, 6) is 0. The molecule has 0 bridgehead atoms. The maximum absolute atomic E-state index is 2.51. The van der Waals surface area contributed by atoms with Gasteiger partial charge >= 0.3 is 0 Å². The lowest BCUT2D eigenvalue weighted by Crippen LogP contribution is -2.30. The summed E-state index contributed by atoms with van der Waals surface area (Å²) < 4.78 is 0. The summed E-state index contributed by atoms with van der Waals surface area (Å²) in [6, 6.07) is 35.9. The van der Waals surface area contributed by atoms with Crippen LogP contribution in [0.2, 0.25) is 0 Å². The number of allylic oxidation sites excluding steroid dienone is 2. The normalized spacial score (nSPS) is 17.5. The Balaban J connectivity index is 1.44. The number of rotatable bonds is 4. The highest BCUT2D eigenvalue weighted by atomic mass is 15.2. The Bertz CT molecular complexity index is 1440. The topological polar surface area (TPSA) is 3.24 Å². The van der Waals surface area contributed by atoms with Gasteiger partial charge in [-0.15, -0.1) is 0 Å². The molecule has 0 spiro atoms. The number of benzene rings is 4. The van der Waals surface area contributed by atoms with Gasteiger partial charge in [0.2, 0.25) is 0 Å². The van der Waals surface area contributed by atoms with Crippen molar-refractivity contribution < 1.29 is 0 Å². The highest BCUT2D eigenvalue weighted by Gasteiger charge is 2.36. The van der Waals surface area contributed by atoms with Crippen LogP contribution >= 0.6 is 0 Å². The van der Waals surface area contributed by atoms with Gasteiger partial charge in [0.05, 0.1) is 6.04 Å². The van der Waals surface area contributed by atoms with Gasteiger partial charge in [0.1, 0.15) is 0 Å². The van der Waals surface area contributed by atoms with Crippen molar-refractivity contribution in [2.24, 2.45) is 0 Å². The minimum Gasteiger partial charge on any atom is -0.334 e. The van der Waals surface area contributed by atoms with Crippen molar-refractivity contribution in [3.05, 3.63) is 132 Å². The van der Waals surface area contributed by atoms with Crippen LogP contribution in [0.3, 0.4) is 0 Å². The monoisotopic (exact) mass is 453 g/mol. The van der Waals surface area contributed by atoms with Crippen LogP contribution in [0.15, 0.2) is 121 Å². The molecule has 0 aromatic heterocycles. The molecule has 172 valence electrons. The smallest absolute Gasteiger partial charge is 0.0560 e. The molecule has 2 aliphatic carbocycles. The third-order valence-electron chi connectivity index (χ3n) is 7.69. The van der Waals surface area contributed by atoms with Crippen molar-refractivity contribution in [2.45, 2.75) is 38.6 Å². The molecule has 0 amide bonds. The first kappa shape index (κ1) is 21.7. The first-order valence-electron chi connectivity index (χ1n) is 12.6. The Labute approximate surface area is 209 Å². The van der Waals surface area contributed by atoms with Gasteiger partial charge in [-0.3, -0.25) is 0 Å². The molecule has 0 saturated heterocycles. The highest BCUT2D eigenvalue weighted by molar-refractivity contribution is 5.83. The summed E-state index contributed by atoms with van der Waals surface area (Å²) in [4.78, 5) is 2.51. The predicted molar refractivity (Wildman–Crippen MR) is 149 cm³/mol. The van der Waals surface area contributed by atoms with Gasteiger partial charge in [0.15, 0.2) is 0 Å². The van der Waals surface area contributed by atoms with E-state index in [1.54, 1.807) is 0 Å². The molecule has 4 aromatic carbocycles. The summed E-state index contributed by atoms with van der Waals surface area (Å²) in [6.07, 6.45) is 7.97. The standard InChI is InChI=1S/C34H31N/c1-24-13-17-27(18-14-24)35(28-19-15-26(16-20-28)25-9-5-4-6-10-25)29-21-22-31-30-11-7-8-12-32(30)34(2,3)33(31)23-29/h4-17,19-23,27H,18H2,1-3H3. The van der Waals surface area contributed by atoms with Gasteiger partial charge in [-0.1, -0.05) is 110 Å². The van der Waals surface area contributed by atoms with E-state index < -0.39 is 0 Å². The van der Waals surface area contributed by atoms with Crippen molar-refractivity contribution in [1.82, 2.24) is 0 Å². The van der Waals surface area contributed by atoms with Crippen molar-refractivity contribution in [1.29, 1.82) is 0 Å². The fourth-order valence-electron chi connectivity index (χ4n) is 5.73. The SMILES string of the molecule is CC1=CCC(N(c2ccc(-c3ccccc3)cc2)c2ccc3c(c2)C(C)(C)c2ccccc2-3)C=C1. The lowest BCUT2D eigenvalue weighted by Gasteiger charge is -2.34. The molecule has 0 fully saturated rings. The molecule has 0 aliphatic heterocycles. The number of anilines is 2. The van der Waals surface area contributed by atoms with E-state index in [1.807, 2.05) is 0 Å². The van der Waals surface area contributed by atoms with Gasteiger partial charge in [0, 0.05) is 16.8 Å². The van der Waals surface area contributed by atoms with Gasteiger partial charge < -0.3 is 4.90 Å². The van der Waals surface area contributed by atoms with Crippen LogP contribution in [0.25, 0.3) is 22.3 Å². The molecule has 6 rings (SSSR count). The van der Waals surface area contributed by atoms with E-state index in [-0.39, 0.29) is 11.5 Å². The van der Waals surface area contributed by atoms with Crippen LogP contribution in [0.5, 0.6) is 0 Å². The van der Waals surface area contributed by atoms with E-state index >= 15 is 0 Å². The second-order valence-corrected chi connectivity index (χ2v) is 10.3. The fourth-order valence-corrected chi connectivity index (χ4v) is 5.73. The average Bonchev–Trinajstić information content (AvgIpc) is 3.13. The highest BCUT2D eigenvalue weighted by Crippen LogP contribution is 2.50. The molecule has 1 unspecified atom stereocenters. The number of hydrogen-bond donors (Lipinski definition) is 0. The van der Waals surface area contributed by atoms with E-state index in [0.29, 0.717) is 0 Å². The van der Waals surface area contributed by atoms with Gasteiger partial charge in [-0.25, -0.2) is 0 Å². The fraction of sp³-hybridized carbons (Fsp3) is 0.176. The molecule has 0 radical (unpaired) electrons. The Hall–Kier alpha value is -3.84. The molecular weight excluding hydrogens is 422 g/mol. The van der Waals surface area contributed by atoms with Crippen molar-refractivity contribution in [3.63, 3.8) is 0 Å². The number of fused-ring (bicyclic) bond motifs is 3. The minimum atomic E-state index is -0.0102. The Morgan fingerprint density at radius 3 is 2.09 bits per heavy atom.